The Kier molecular flexibility index (Phi) is 3.91. The Labute approximate surface area is 95.4 Å². The Morgan fingerprint density at radius 3 is 2.62 bits per heavy atom. The van der Waals surface area contributed by atoms with Gasteiger partial charge >= 0.3 is 5.97 Å². The number of hydrogen-bond acceptors (Lipinski definition) is 3. The number of likely N-dealkylation sites (tertiary alicyclic amines) is 1. The number of hydrogen-bond donors (Lipinski definition) is 1. The average molecular weight is 229 g/mol. The molecular formula is C11H19NO4. The van der Waals surface area contributed by atoms with Crippen molar-refractivity contribution in [3.63, 3.8) is 0 Å². The van der Waals surface area contributed by atoms with Gasteiger partial charge in [-0.3, -0.25) is 4.79 Å². The Morgan fingerprint density at radius 1 is 1.56 bits per heavy atom. The van der Waals surface area contributed by atoms with Gasteiger partial charge < -0.3 is 14.7 Å². The SMILES string of the molecule is CCC(C)(OC)C(=O)N1CCCC1C(=O)O. The van der Waals surface area contributed by atoms with Crippen molar-refractivity contribution in [2.75, 3.05) is 13.7 Å². The molecule has 1 N–H and O–H groups in total. The zero-order valence-electron chi connectivity index (χ0n) is 10.0. The molecule has 1 fully saturated rings. The third kappa shape index (κ3) is 2.19. The molecule has 2 atom stereocenters. The van der Waals surface area contributed by atoms with Crippen LogP contribution in [0.25, 0.3) is 0 Å². The lowest BCUT2D eigenvalue weighted by Gasteiger charge is -2.32. The van der Waals surface area contributed by atoms with Crippen molar-refractivity contribution < 1.29 is 19.4 Å². The molecule has 5 heteroatoms. The molecule has 1 heterocycles. The number of carbonyl (C=O) groups is 2. The number of methoxy groups -OCH3 is 1. The van der Waals surface area contributed by atoms with Gasteiger partial charge in [-0.2, -0.15) is 0 Å². The van der Waals surface area contributed by atoms with Crippen LogP contribution >= 0.6 is 0 Å². The van der Waals surface area contributed by atoms with Gasteiger partial charge in [0.1, 0.15) is 11.6 Å². The lowest BCUT2D eigenvalue weighted by Crippen LogP contribution is -2.51. The lowest BCUT2D eigenvalue weighted by molar-refractivity contribution is -0.160. The smallest absolute Gasteiger partial charge is 0.326 e. The number of carbonyl (C=O) groups excluding carboxylic acids is 1. The van der Waals surface area contributed by atoms with Crippen molar-refractivity contribution in [2.45, 2.75) is 44.8 Å². The summed E-state index contributed by atoms with van der Waals surface area (Å²) in [5.74, 6) is -1.15. The minimum atomic E-state index is -0.930. The molecule has 1 aliphatic rings. The fourth-order valence-electron chi connectivity index (χ4n) is 1.95. The zero-order valence-corrected chi connectivity index (χ0v) is 10.0. The Morgan fingerprint density at radius 2 is 2.19 bits per heavy atom. The molecule has 0 saturated carbocycles. The van der Waals surface area contributed by atoms with Crippen molar-refractivity contribution >= 4 is 11.9 Å². The highest BCUT2D eigenvalue weighted by molar-refractivity contribution is 5.89. The van der Waals surface area contributed by atoms with E-state index in [1.165, 1.54) is 12.0 Å². The number of ether oxygens (including phenoxy) is 1. The number of carboxylic acids is 1. The third-order valence-electron chi connectivity index (χ3n) is 3.38. The van der Waals surface area contributed by atoms with Crippen molar-refractivity contribution in [2.24, 2.45) is 0 Å². The molecule has 0 aliphatic carbocycles. The van der Waals surface area contributed by atoms with Crippen LogP contribution in [0.3, 0.4) is 0 Å². The summed E-state index contributed by atoms with van der Waals surface area (Å²) in [5.41, 5.74) is -0.905. The average Bonchev–Trinajstić information content (AvgIpc) is 2.75. The first-order valence-corrected chi connectivity index (χ1v) is 5.55. The lowest BCUT2D eigenvalue weighted by atomic mass is 10.0. The number of rotatable bonds is 4. The topological polar surface area (TPSA) is 66.8 Å². The summed E-state index contributed by atoms with van der Waals surface area (Å²) < 4.78 is 5.21. The largest absolute Gasteiger partial charge is 0.480 e. The molecule has 16 heavy (non-hydrogen) atoms. The molecule has 1 saturated heterocycles. The minimum Gasteiger partial charge on any atom is -0.480 e. The van der Waals surface area contributed by atoms with E-state index in [-0.39, 0.29) is 5.91 Å². The van der Waals surface area contributed by atoms with E-state index in [1.807, 2.05) is 6.92 Å². The Balaban J connectivity index is 2.84. The van der Waals surface area contributed by atoms with Gasteiger partial charge in [0.2, 0.25) is 0 Å². The van der Waals surface area contributed by atoms with Crippen LogP contribution in [0.4, 0.5) is 0 Å². The van der Waals surface area contributed by atoms with E-state index < -0.39 is 17.6 Å². The van der Waals surface area contributed by atoms with Crippen LogP contribution in [0.2, 0.25) is 0 Å². The van der Waals surface area contributed by atoms with Crippen LogP contribution < -0.4 is 0 Å². The van der Waals surface area contributed by atoms with E-state index >= 15 is 0 Å². The molecule has 0 spiro atoms. The number of amides is 1. The van der Waals surface area contributed by atoms with E-state index in [2.05, 4.69) is 0 Å². The molecule has 0 aromatic heterocycles. The molecule has 0 radical (unpaired) electrons. The maximum Gasteiger partial charge on any atom is 0.326 e. The molecule has 1 aliphatic heterocycles. The summed E-state index contributed by atoms with van der Waals surface area (Å²) in [7, 11) is 1.48. The number of carboxylic acid groups (broad SMARTS) is 1. The van der Waals surface area contributed by atoms with Crippen molar-refractivity contribution in [3.05, 3.63) is 0 Å². The van der Waals surface area contributed by atoms with Gasteiger partial charge in [-0.25, -0.2) is 4.79 Å². The highest BCUT2D eigenvalue weighted by Crippen LogP contribution is 2.25. The fraction of sp³-hybridized carbons (Fsp3) is 0.818. The van der Waals surface area contributed by atoms with Gasteiger partial charge in [-0.1, -0.05) is 6.92 Å². The van der Waals surface area contributed by atoms with Crippen molar-refractivity contribution in [3.8, 4) is 0 Å². The number of aliphatic carboxylic acids is 1. The standard InChI is InChI=1S/C11H19NO4/c1-4-11(2,16-3)10(15)12-7-5-6-8(12)9(13)14/h8H,4-7H2,1-3H3,(H,13,14). The molecular weight excluding hydrogens is 210 g/mol. The molecule has 5 nitrogen and oxygen atoms in total. The highest BCUT2D eigenvalue weighted by Gasteiger charge is 2.42. The highest BCUT2D eigenvalue weighted by atomic mass is 16.5. The van der Waals surface area contributed by atoms with E-state index in [0.29, 0.717) is 19.4 Å². The first kappa shape index (κ1) is 13.0. The predicted molar refractivity (Wildman–Crippen MR) is 58.1 cm³/mol. The van der Waals surface area contributed by atoms with Crippen LogP contribution in [0.1, 0.15) is 33.1 Å². The van der Waals surface area contributed by atoms with E-state index in [0.717, 1.165) is 6.42 Å². The van der Waals surface area contributed by atoms with Gasteiger partial charge in [0, 0.05) is 13.7 Å². The van der Waals surface area contributed by atoms with Gasteiger partial charge in [0.05, 0.1) is 0 Å². The molecule has 1 amide bonds. The summed E-state index contributed by atoms with van der Waals surface area (Å²) in [6.45, 7) is 4.06. The summed E-state index contributed by atoms with van der Waals surface area (Å²) >= 11 is 0. The molecule has 0 aromatic carbocycles. The van der Waals surface area contributed by atoms with Crippen LogP contribution in [-0.2, 0) is 14.3 Å². The summed E-state index contributed by atoms with van der Waals surface area (Å²) in [6.07, 6.45) is 1.81. The van der Waals surface area contributed by atoms with E-state index in [1.54, 1.807) is 6.92 Å². The van der Waals surface area contributed by atoms with E-state index in [9.17, 15) is 9.59 Å². The molecule has 0 bridgehead atoms. The van der Waals surface area contributed by atoms with Gasteiger partial charge in [0.25, 0.3) is 5.91 Å². The quantitative estimate of drug-likeness (QED) is 0.777. The summed E-state index contributed by atoms with van der Waals surface area (Å²) in [6, 6.07) is -0.687. The second-order valence-electron chi connectivity index (χ2n) is 4.28. The van der Waals surface area contributed by atoms with Crippen LogP contribution in [0.5, 0.6) is 0 Å². The summed E-state index contributed by atoms with van der Waals surface area (Å²) in [5, 5.41) is 9.01. The van der Waals surface area contributed by atoms with Crippen molar-refractivity contribution in [1.82, 2.24) is 4.90 Å². The number of nitrogens with zero attached hydrogens (tertiary/aromatic N) is 1. The first-order chi connectivity index (χ1) is 7.46. The normalized spacial score (nSPS) is 24.2. The van der Waals surface area contributed by atoms with Crippen LogP contribution in [0, 0.1) is 0 Å². The summed E-state index contributed by atoms with van der Waals surface area (Å²) in [4.78, 5) is 24.6. The molecule has 1 rings (SSSR count). The zero-order chi connectivity index (χ0) is 12.3. The van der Waals surface area contributed by atoms with Crippen LogP contribution in [0.15, 0.2) is 0 Å². The van der Waals surface area contributed by atoms with Gasteiger partial charge in [-0.05, 0) is 26.2 Å². The second-order valence-corrected chi connectivity index (χ2v) is 4.28. The molecule has 92 valence electrons. The second kappa shape index (κ2) is 4.82. The minimum absolute atomic E-state index is 0.220. The molecule has 0 aromatic rings. The first-order valence-electron chi connectivity index (χ1n) is 5.55. The molecule has 2 unspecified atom stereocenters. The van der Waals surface area contributed by atoms with Gasteiger partial charge in [-0.15, -0.1) is 0 Å². The predicted octanol–water partition coefficient (Wildman–Crippen LogP) is 0.877. The monoisotopic (exact) mass is 229 g/mol. The maximum absolute atomic E-state index is 12.2. The van der Waals surface area contributed by atoms with Crippen molar-refractivity contribution in [1.29, 1.82) is 0 Å². The van der Waals surface area contributed by atoms with Gasteiger partial charge in [0.15, 0.2) is 0 Å². The third-order valence-corrected chi connectivity index (χ3v) is 3.38. The fourth-order valence-corrected chi connectivity index (χ4v) is 1.95. The Bertz CT molecular complexity index is 286. The van der Waals surface area contributed by atoms with Crippen LogP contribution in [-0.4, -0.2) is 47.2 Å². The Hall–Kier alpha value is -1.10. The van der Waals surface area contributed by atoms with E-state index in [4.69, 9.17) is 9.84 Å². The maximum atomic E-state index is 12.2.